The lowest BCUT2D eigenvalue weighted by Crippen LogP contribution is -2.28. The lowest BCUT2D eigenvalue weighted by atomic mass is 10.1. The van der Waals surface area contributed by atoms with E-state index >= 15 is 0 Å². The van der Waals surface area contributed by atoms with Crippen molar-refractivity contribution in [1.82, 2.24) is 14.7 Å². The molecular weight excluding hydrogens is 396 g/mol. The maximum Gasteiger partial charge on any atom is 0.269 e. The Balaban J connectivity index is 2.14. The van der Waals surface area contributed by atoms with Crippen LogP contribution < -0.4 is 15.6 Å². The molecule has 0 fully saturated rings. The van der Waals surface area contributed by atoms with E-state index in [1.54, 1.807) is 24.4 Å². The van der Waals surface area contributed by atoms with Crippen LogP contribution in [-0.2, 0) is 9.53 Å². The topological polar surface area (TPSA) is 106 Å². The van der Waals surface area contributed by atoms with Gasteiger partial charge in [0.05, 0.1) is 6.61 Å². The summed E-state index contributed by atoms with van der Waals surface area (Å²) >= 11 is 0. The van der Waals surface area contributed by atoms with Crippen molar-refractivity contribution >= 4 is 17.6 Å². The van der Waals surface area contributed by atoms with Crippen molar-refractivity contribution in [3.8, 4) is 17.7 Å². The number of aryl methyl sites for hydroxylation is 2. The highest BCUT2D eigenvalue weighted by molar-refractivity contribution is 6.01. The van der Waals surface area contributed by atoms with Crippen LogP contribution in [0.4, 0.5) is 0 Å². The first-order valence-corrected chi connectivity index (χ1v) is 9.60. The first-order valence-electron chi connectivity index (χ1n) is 9.60. The van der Waals surface area contributed by atoms with Gasteiger partial charge in [0, 0.05) is 19.9 Å². The molecule has 31 heavy (non-hydrogen) atoms. The largest absolute Gasteiger partial charge is 0.438 e. The van der Waals surface area contributed by atoms with Crippen LogP contribution in [0.1, 0.15) is 16.7 Å². The van der Waals surface area contributed by atoms with Crippen molar-refractivity contribution < 1.29 is 14.3 Å². The van der Waals surface area contributed by atoms with Gasteiger partial charge >= 0.3 is 0 Å². The SMILES string of the molecule is COCCNC(=O)C(C#N)=Cc1c(Oc2ccc(C)cc2)nc2c(C)cccn2c1=O. The molecule has 0 saturated heterocycles. The van der Waals surface area contributed by atoms with Crippen molar-refractivity contribution in [2.45, 2.75) is 13.8 Å². The Kier molecular flexibility index (Phi) is 6.80. The quantitative estimate of drug-likeness (QED) is 0.359. The first-order chi connectivity index (χ1) is 14.9. The second kappa shape index (κ2) is 9.69. The van der Waals surface area contributed by atoms with Crippen LogP contribution in [0.25, 0.3) is 11.7 Å². The van der Waals surface area contributed by atoms with Gasteiger partial charge in [-0.2, -0.15) is 10.2 Å². The number of aromatic nitrogens is 2. The van der Waals surface area contributed by atoms with Crippen LogP contribution in [0.2, 0.25) is 0 Å². The van der Waals surface area contributed by atoms with Gasteiger partial charge in [-0.15, -0.1) is 0 Å². The van der Waals surface area contributed by atoms with Crippen LogP contribution in [0, 0.1) is 25.2 Å². The van der Waals surface area contributed by atoms with Gasteiger partial charge in [0.15, 0.2) is 0 Å². The molecule has 0 aliphatic rings. The third-order valence-electron chi connectivity index (χ3n) is 4.53. The van der Waals surface area contributed by atoms with E-state index in [1.165, 1.54) is 17.6 Å². The molecule has 0 aliphatic heterocycles. The maximum absolute atomic E-state index is 13.2. The first kappa shape index (κ1) is 21.7. The molecule has 0 radical (unpaired) electrons. The predicted molar refractivity (Wildman–Crippen MR) is 116 cm³/mol. The van der Waals surface area contributed by atoms with Gasteiger partial charge in [0.1, 0.15) is 28.6 Å². The zero-order valence-electron chi connectivity index (χ0n) is 17.5. The number of methoxy groups -OCH3 is 1. The lowest BCUT2D eigenvalue weighted by Gasteiger charge is -2.11. The van der Waals surface area contributed by atoms with Gasteiger partial charge in [0.2, 0.25) is 5.88 Å². The van der Waals surface area contributed by atoms with Gasteiger partial charge in [-0.1, -0.05) is 23.8 Å². The Hall–Kier alpha value is -3.96. The molecule has 1 aromatic carbocycles. The van der Waals surface area contributed by atoms with Gasteiger partial charge in [-0.05, 0) is 43.7 Å². The number of hydrogen-bond acceptors (Lipinski definition) is 6. The average Bonchev–Trinajstić information content (AvgIpc) is 2.76. The normalized spacial score (nSPS) is 11.2. The zero-order valence-corrected chi connectivity index (χ0v) is 17.5. The number of nitrogens with one attached hydrogen (secondary N) is 1. The van der Waals surface area contributed by atoms with E-state index < -0.39 is 11.5 Å². The van der Waals surface area contributed by atoms with Crippen molar-refractivity contribution in [2.75, 3.05) is 20.3 Å². The summed E-state index contributed by atoms with van der Waals surface area (Å²) in [4.78, 5) is 30.1. The number of rotatable bonds is 7. The number of nitriles is 1. The molecule has 158 valence electrons. The summed E-state index contributed by atoms with van der Waals surface area (Å²) in [7, 11) is 1.51. The summed E-state index contributed by atoms with van der Waals surface area (Å²) in [6.45, 7) is 4.31. The number of amides is 1. The van der Waals surface area contributed by atoms with Crippen molar-refractivity contribution in [3.63, 3.8) is 0 Å². The van der Waals surface area contributed by atoms with E-state index in [0.29, 0.717) is 18.0 Å². The van der Waals surface area contributed by atoms with Crippen molar-refractivity contribution in [1.29, 1.82) is 5.26 Å². The number of hydrogen-bond donors (Lipinski definition) is 1. The number of benzene rings is 1. The number of fused-ring (bicyclic) bond motifs is 1. The molecule has 3 aromatic rings. The van der Waals surface area contributed by atoms with Gasteiger partial charge in [-0.3, -0.25) is 14.0 Å². The molecule has 0 bridgehead atoms. The minimum Gasteiger partial charge on any atom is -0.438 e. The maximum atomic E-state index is 13.2. The van der Waals surface area contributed by atoms with Gasteiger partial charge < -0.3 is 14.8 Å². The fourth-order valence-corrected chi connectivity index (χ4v) is 2.87. The summed E-state index contributed by atoms with van der Waals surface area (Å²) in [5.41, 5.74) is 1.57. The summed E-state index contributed by atoms with van der Waals surface area (Å²) < 4.78 is 12.2. The van der Waals surface area contributed by atoms with Crippen LogP contribution >= 0.6 is 0 Å². The standard InChI is InChI=1S/C23H22N4O4/c1-15-6-8-18(9-7-15)31-22-19(13-17(14-24)21(28)25-10-12-30-3)23(29)27-11-4-5-16(2)20(27)26-22/h4-9,11,13H,10,12H2,1-3H3,(H,25,28). The number of nitrogens with zero attached hydrogens (tertiary/aromatic N) is 3. The smallest absolute Gasteiger partial charge is 0.269 e. The van der Waals surface area contributed by atoms with Crippen LogP contribution in [-0.4, -0.2) is 35.6 Å². The van der Waals surface area contributed by atoms with E-state index in [1.807, 2.05) is 38.1 Å². The van der Waals surface area contributed by atoms with Crippen molar-refractivity contribution in [3.05, 3.63) is 75.2 Å². The number of carbonyl (C=O) groups is 1. The third-order valence-corrected chi connectivity index (χ3v) is 4.53. The Morgan fingerprint density at radius 1 is 1.26 bits per heavy atom. The summed E-state index contributed by atoms with van der Waals surface area (Å²) in [6, 6.07) is 12.6. The molecule has 0 atom stereocenters. The minimum atomic E-state index is -0.616. The van der Waals surface area contributed by atoms with E-state index in [2.05, 4.69) is 10.3 Å². The molecule has 0 saturated carbocycles. The molecule has 2 aromatic heterocycles. The molecule has 8 heteroatoms. The Morgan fingerprint density at radius 2 is 2.00 bits per heavy atom. The van der Waals surface area contributed by atoms with E-state index in [-0.39, 0.29) is 23.6 Å². The number of ether oxygens (including phenoxy) is 2. The van der Waals surface area contributed by atoms with Crippen LogP contribution in [0.3, 0.4) is 0 Å². The van der Waals surface area contributed by atoms with Gasteiger partial charge in [-0.25, -0.2) is 0 Å². The molecule has 0 unspecified atom stereocenters. The van der Waals surface area contributed by atoms with Gasteiger partial charge in [0.25, 0.3) is 11.5 Å². The Bertz CT molecular complexity index is 1240. The zero-order chi connectivity index (χ0) is 22.4. The highest BCUT2D eigenvalue weighted by Gasteiger charge is 2.18. The molecule has 0 spiro atoms. The van der Waals surface area contributed by atoms with E-state index in [4.69, 9.17) is 9.47 Å². The lowest BCUT2D eigenvalue weighted by molar-refractivity contribution is -0.117. The summed E-state index contributed by atoms with van der Waals surface area (Å²) in [5.74, 6) is -0.122. The fourth-order valence-electron chi connectivity index (χ4n) is 2.87. The van der Waals surface area contributed by atoms with Crippen LogP contribution in [0.15, 0.2) is 53.0 Å². The fraction of sp³-hybridized carbons (Fsp3) is 0.217. The summed E-state index contributed by atoms with van der Waals surface area (Å²) in [5, 5.41) is 12.1. The Morgan fingerprint density at radius 3 is 2.68 bits per heavy atom. The minimum absolute atomic E-state index is 0.00196. The molecule has 2 heterocycles. The molecule has 0 aliphatic carbocycles. The second-order valence-electron chi connectivity index (χ2n) is 6.85. The second-order valence-corrected chi connectivity index (χ2v) is 6.85. The summed E-state index contributed by atoms with van der Waals surface area (Å²) in [6.07, 6.45) is 2.78. The number of carbonyl (C=O) groups excluding carboxylic acids is 1. The third kappa shape index (κ3) is 4.97. The molecular formula is C23H22N4O4. The number of pyridine rings is 1. The predicted octanol–water partition coefficient (Wildman–Crippen LogP) is 2.77. The van der Waals surface area contributed by atoms with E-state index in [0.717, 1.165) is 11.1 Å². The van der Waals surface area contributed by atoms with Crippen LogP contribution in [0.5, 0.6) is 11.6 Å². The van der Waals surface area contributed by atoms with Crippen molar-refractivity contribution in [2.24, 2.45) is 0 Å². The molecule has 1 N–H and O–H groups in total. The average molecular weight is 418 g/mol. The highest BCUT2D eigenvalue weighted by Crippen LogP contribution is 2.25. The molecule has 3 rings (SSSR count). The van der Waals surface area contributed by atoms with E-state index in [9.17, 15) is 14.9 Å². The Labute approximate surface area is 179 Å². The molecule has 8 nitrogen and oxygen atoms in total. The molecule has 1 amide bonds. The monoisotopic (exact) mass is 418 g/mol. The highest BCUT2D eigenvalue weighted by atomic mass is 16.5.